The number of hydrogen-bond acceptors (Lipinski definition) is 9. The Balaban J connectivity index is 3.35. The Morgan fingerprint density at radius 3 is 1.09 bits per heavy atom. The third-order valence-corrected chi connectivity index (χ3v) is 22.4. The average Bonchev–Trinajstić information content (AvgIpc) is 2.94. The molecule has 0 aliphatic heterocycles. The fourth-order valence-electron chi connectivity index (χ4n) is 4.48. The first-order valence-electron chi connectivity index (χ1n) is 15.8. The van der Waals surface area contributed by atoms with Crippen LogP contribution in [0, 0.1) is 0 Å². The van der Waals surface area contributed by atoms with Gasteiger partial charge in [0.2, 0.25) is 0 Å². The van der Waals surface area contributed by atoms with Crippen molar-refractivity contribution in [2.24, 2.45) is 0 Å². The number of benzene rings is 1. The minimum atomic E-state index is -3.56. The van der Waals surface area contributed by atoms with Gasteiger partial charge >= 0.3 is 26.7 Å². The van der Waals surface area contributed by atoms with Gasteiger partial charge < -0.3 is 26.6 Å². The van der Waals surface area contributed by atoms with Crippen LogP contribution in [-0.2, 0) is 40.9 Å². The van der Waals surface area contributed by atoms with Crippen molar-refractivity contribution in [3.8, 4) is 0 Å². The number of esters is 3. The molecule has 0 atom stereocenters. The topological polar surface area (TPSA) is 107 Å². The third-order valence-electron chi connectivity index (χ3n) is 6.87. The molecule has 0 saturated carbocycles. The van der Waals surface area contributed by atoms with Gasteiger partial charge in [-0.05, 0) is 97.4 Å². The normalized spacial score (nSPS) is 12.3. The monoisotopic (exact) mass is 708 g/mol. The summed E-state index contributed by atoms with van der Waals surface area (Å²) >= 11 is 0. The number of carbonyl (C=O) groups is 3. The maximum absolute atomic E-state index is 11.9. The molecule has 0 aromatic heterocycles. The van der Waals surface area contributed by atoms with Gasteiger partial charge in [-0.2, -0.15) is 0 Å². The second-order valence-corrected chi connectivity index (χ2v) is 29.8. The van der Waals surface area contributed by atoms with E-state index in [1.807, 2.05) is 30.3 Å². The number of rotatable bonds is 22. The van der Waals surface area contributed by atoms with Gasteiger partial charge in [0.25, 0.3) is 0 Å². The first kappa shape index (κ1) is 41.6. The van der Waals surface area contributed by atoms with Crippen molar-refractivity contribution < 1.29 is 40.9 Å². The maximum Gasteiger partial charge on any atom is 0.505 e. The molecule has 0 amide bonds. The molecule has 0 unspecified atom stereocenters. The zero-order chi connectivity index (χ0) is 35.2. The fraction of sp³-hybridized carbons (Fsp3) is 0.545. The molecule has 0 fully saturated rings. The lowest BCUT2D eigenvalue weighted by Crippen LogP contribution is -2.68. The van der Waals surface area contributed by atoms with Crippen LogP contribution in [0.3, 0.4) is 0 Å². The quantitative estimate of drug-likeness (QED) is 0.0413. The maximum atomic E-state index is 11.9. The molecule has 0 N–H and O–H groups in total. The van der Waals surface area contributed by atoms with Crippen LogP contribution in [0.4, 0.5) is 0 Å². The zero-order valence-corrected chi connectivity index (χ0v) is 33.5. The molecule has 258 valence electrons. The van der Waals surface area contributed by atoms with Gasteiger partial charge in [-0.15, -0.1) is 0 Å². The Hall–Kier alpha value is -2.40. The predicted octanol–water partition coefficient (Wildman–Crippen LogP) is 7.03. The van der Waals surface area contributed by atoms with Crippen molar-refractivity contribution >= 4 is 56.9 Å². The third kappa shape index (κ3) is 15.9. The van der Waals surface area contributed by atoms with E-state index < -0.39 is 51.7 Å². The van der Waals surface area contributed by atoms with Crippen molar-refractivity contribution in [3.05, 3.63) is 66.8 Å². The molecule has 9 nitrogen and oxygen atoms in total. The van der Waals surface area contributed by atoms with Crippen LogP contribution in [0.2, 0.25) is 57.4 Å². The number of ether oxygens (including phenoxy) is 3. The molecule has 0 bridgehead atoms. The molecule has 1 aromatic rings. The van der Waals surface area contributed by atoms with Crippen molar-refractivity contribution in [2.75, 3.05) is 19.8 Å². The van der Waals surface area contributed by atoms with E-state index in [1.165, 1.54) is 0 Å². The highest BCUT2D eigenvalue weighted by molar-refractivity contribution is 6.96. The van der Waals surface area contributed by atoms with E-state index in [0.717, 1.165) is 23.3 Å². The van der Waals surface area contributed by atoms with Crippen LogP contribution >= 0.6 is 0 Å². The predicted molar refractivity (Wildman–Crippen MR) is 193 cm³/mol. The smallest absolute Gasteiger partial charge is 0.462 e. The van der Waals surface area contributed by atoms with E-state index in [0.29, 0.717) is 36.0 Å². The lowest BCUT2D eigenvalue weighted by Gasteiger charge is -2.45. The summed E-state index contributed by atoms with van der Waals surface area (Å²) in [4.78, 5) is 35.8. The molecule has 0 radical (unpaired) electrons. The highest BCUT2D eigenvalue weighted by Gasteiger charge is 2.54. The fourth-order valence-corrected chi connectivity index (χ4v) is 21.1. The van der Waals surface area contributed by atoms with E-state index >= 15 is 0 Å². The summed E-state index contributed by atoms with van der Waals surface area (Å²) in [5, 5.41) is 0.896. The largest absolute Gasteiger partial charge is 0.505 e. The summed E-state index contributed by atoms with van der Waals surface area (Å²) in [6, 6.07) is 12.1. The minimum absolute atomic E-state index is 0.277. The molecule has 1 rings (SSSR count). The summed E-state index contributed by atoms with van der Waals surface area (Å²) < 4.78 is 37.8. The standard InChI is InChI=1S/C33H56O9Si4/c1-27(2)31(34)37-21-16-24-43(7,8)40-46(30-19-14-13-15-20-30,41-44(9,10)25-17-22-38-32(35)28(3)4)42-45(11,12)26-18-23-39-33(36)29(5)6/h13-15,19-20H,1,3,5,16-18,21-26H2,2,4,6-12H3. The second kappa shape index (κ2) is 18.8. The van der Waals surface area contributed by atoms with Crippen LogP contribution in [-0.4, -0.2) is 71.5 Å². The number of hydrogen-bond donors (Lipinski definition) is 0. The molecule has 1 aromatic carbocycles. The zero-order valence-electron chi connectivity index (χ0n) is 29.5. The lowest BCUT2D eigenvalue weighted by molar-refractivity contribution is -0.139. The molecular weight excluding hydrogens is 653 g/mol. The van der Waals surface area contributed by atoms with Crippen LogP contribution < -0.4 is 5.19 Å². The molecule has 0 saturated heterocycles. The summed E-state index contributed by atoms with van der Waals surface area (Å²) in [6.07, 6.45) is 1.92. The first-order valence-corrected chi connectivity index (χ1v) is 26.9. The van der Waals surface area contributed by atoms with Gasteiger partial charge in [-0.25, -0.2) is 14.4 Å². The molecule has 0 aliphatic carbocycles. The SMILES string of the molecule is C=C(C)C(=O)OCCC[Si](C)(C)O[Si](O[Si](C)(C)CCCOC(=O)C(=C)C)(O[Si](C)(C)CCCOC(=O)C(=C)C)c1ccccc1. The van der Waals surface area contributed by atoms with Gasteiger partial charge in [0.15, 0.2) is 25.0 Å². The Kier molecular flexibility index (Phi) is 17.0. The summed E-state index contributed by atoms with van der Waals surface area (Å²) in [5.41, 5.74) is 1.11. The van der Waals surface area contributed by atoms with E-state index in [1.54, 1.807) is 20.8 Å². The Morgan fingerprint density at radius 2 is 0.826 bits per heavy atom. The van der Waals surface area contributed by atoms with E-state index in [-0.39, 0.29) is 19.8 Å². The second-order valence-electron chi connectivity index (χ2n) is 13.6. The van der Waals surface area contributed by atoms with E-state index in [2.05, 4.69) is 59.0 Å². The molecular formula is C33H56O9Si4. The highest BCUT2D eigenvalue weighted by Crippen LogP contribution is 2.31. The van der Waals surface area contributed by atoms with E-state index in [4.69, 9.17) is 26.6 Å². The van der Waals surface area contributed by atoms with Gasteiger partial charge in [-0.1, -0.05) is 50.1 Å². The summed E-state index contributed by atoms with van der Waals surface area (Å²) in [6.45, 7) is 29.5. The summed E-state index contributed by atoms with van der Waals surface area (Å²) in [5.74, 6) is -1.20. The lowest BCUT2D eigenvalue weighted by atomic mass is 10.4. The van der Waals surface area contributed by atoms with E-state index in [9.17, 15) is 14.4 Å². The molecule has 13 heteroatoms. The molecule has 0 heterocycles. The van der Waals surface area contributed by atoms with Crippen molar-refractivity contribution in [3.63, 3.8) is 0 Å². The number of carbonyl (C=O) groups excluding carboxylic acids is 3. The minimum Gasteiger partial charge on any atom is -0.462 e. The Morgan fingerprint density at radius 1 is 0.543 bits per heavy atom. The van der Waals surface area contributed by atoms with Gasteiger partial charge in [-0.3, -0.25) is 0 Å². The average molecular weight is 709 g/mol. The van der Waals surface area contributed by atoms with Crippen LogP contribution in [0.15, 0.2) is 66.8 Å². The molecule has 0 spiro atoms. The van der Waals surface area contributed by atoms with Gasteiger partial charge in [0.05, 0.1) is 19.8 Å². The highest BCUT2D eigenvalue weighted by atomic mass is 28.5. The summed E-state index contributed by atoms with van der Waals surface area (Å²) in [7, 11) is -11.0. The van der Waals surface area contributed by atoms with Crippen LogP contribution in [0.5, 0.6) is 0 Å². The molecule has 0 aliphatic rings. The Labute approximate surface area is 281 Å². The van der Waals surface area contributed by atoms with Crippen molar-refractivity contribution in [2.45, 2.75) is 97.4 Å². The van der Waals surface area contributed by atoms with Crippen LogP contribution in [0.1, 0.15) is 40.0 Å². The molecule has 46 heavy (non-hydrogen) atoms. The van der Waals surface area contributed by atoms with Crippen LogP contribution in [0.25, 0.3) is 0 Å². The van der Waals surface area contributed by atoms with Gasteiger partial charge in [0.1, 0.15) is 0 Å². The van der Waals surface area contributed by atoms with Crippen molar-refractivity contribution in [1.82, 2.24) is 0 Å². The first-order chi connectivity index (χ1) is 21.2. The van der Waals surface area contributed by atoms with Gasteiger partial charge in [0, 0.05) is 21.9 Å². The van der Waals surface area contributed by atoms with Crippen molar-refractivity contribution in [1.29, 1.82) is 0 Å². The Bertz CT molecular complexity index is 1100.